The molecular formula is C49H67N5O12. The first-order valence-electron chi connectivity index (χ1n) is 22.9. The number of ether oxygens (including phenoxy) is 4. The maximum absolute atomic E-state index is 14.7. The predicted molar refractivity (Wildman–Crippen MR) is 245 cm³/mol. The number of carbonyl (C=O) groups is 4. The monoisotopic (exact) mass is 917 g/mol. The first-order valence-corrected chi connectivity index (χ1v) is 22.9. The van der Waals surface area contributed by atoms with E-state index in [4.69, 9.17) is 23.9 Å². The van der Waals surface area contributed by atoms with Crippen LogP contribution in [0.4, 0.5) is 5.69 Å². The number of anilines is 1. The zero-order valence-corrected chi connectivity index (χ0v) is 39.8. The number of likely N-dealkylation sites (N-methyl/N-ethyl adjacent to an activating group) is 1. The van der Waals surface area contributed by atoms with E-state index in [0.29, 0.717) is 44.1 Å². The number of hydrogen-bond acceptors (Lipinski definition) is 16. The number of nitrogens with zero attached hydrogens (tertiary/aromatic N) is 4. The normalized spacial score (nSPS) is 28.2. The number of rotatable bonds is 8. The Morgan fingerprint density at radius 2 is 1.73 bits per heavy atom. The molecule has 2 aromatic carbocycles. The molecule has 7 rings (SSSR count). The average molecular weight is 918 g/mol. The molecule has 17 heteroatoms. The molecule has 5 N–H and O–H groups in total. The van der Waals surface area contributed by atoms with Crippen LogP contribution < -0.4 is 20.8 Å². The van der Waals surface area contributed by atoms with E-state index in [1.165, 1.54) is 26.2 Å². The van der Waals surface area contributed by atoms with Gasteiger partial charge in [-0.3, -0.25) is 24.2 Å². The molecule has 1 spiro atoms. The molecule has 5 bridgehead atoms. The Hall–Kier alpha value is -5.36. The zero-order chi connectivity index (χ0) is 48.4. The number of aliphatic hydroxyl groups is 2. The van der Waals surface area contributed by atoms with Gasteiger partial charge in [-0.2, -0.15) is 0 Å². The summed E-state index contributed by atoms with van der Waals surface area (Å²) in [5.74, 6) is -7.68. The van der Waals surface area contributed by atoms with Crippen LogP contribution in [0.2, 0.25) is 0 Å². The number of hydrogen-bond donors (Lipinski definition) is 5. The summed E-state index contributed by atoms with van der Waals surface area (Å²) in [6.45, 7) is 16.6. The number of amides is 1. The van der Waals surface area contributed by atoms with Crippen molar-refractivity contribution in [3.05, 3.63) is 58.0 Å². The lowest BCUT2D eigenvalue weighted by Crippen LogP contribution is -2.47. The third-order valence-electron chi connectivity index (χ3n) is 13.1. The van der Waals surface area contributed by atoms with Gasteiger partial charge in [-0.1, -0.05) is 45.9 Å². The summed E-state index contributed by atoms with van der Waals surface area (Å²) in [6.07, 6.45) is 6.03. The first-order chi connectivity index (χ1) is 31.1. The van der Waals surface area contributed by atoms with Crippen molar-refractivity contribution in [3.63, 3.8) is 0 Å². The Morgan fingerprint density at radius 1 is 1.03 bits per heavy atom. The quantitative estimate of drug-likeness (QED) is 0.141. The number of benzene rings is 2. The molecule has 2 aromatic rings. The van der Waals surface area contributed by atoms with Crippen molar-refractivity contribution in [3.8, 4) is 17.2 Å². The standard InChI is InChI=1S/C49H67N5O12/c1-26(2)25-54-19-17-49(18-20-54)51-37-34-35-41(57)30(6)43-36(34)44(59)48(8,66-43)64-22-12-11-16-32(65-47(62)31(7)46(61)63-23-21-53(9)10)24-33(55)29(5)40(56)27(3)14-13-15-28(4)45(60)50-39(42(35)58)38(37)52-49/h12-15,22,26-27,29,31-33,40,51,55-58H,11,16-21,23-25H2,1-10H3/b14-13+,22-12+,28-15-,50-39?/t27?,29-,31?,32+,33?,40-,48?/m0/s1. The van der Waals surface area contributed by atoms with E-state index in [2.05, 4.69) is 29.1 Å². The number of piperidine rings is 1. The Balaban J connectivity index is 1.41. The molecule has 0 aliphatic carbocycles. The fourth-order valence-electron chi connectivity index (χ4n) is 8.86. The topological polar surface area (TPSA) is 229 Å². The lowest BCUT2D eigenvalue weighted by atomic mass is 9.86. The Bertz CT molecular complexity index is 2440. The highest BCUT2D eigenvalue weighted by Gasteiger charge is 2.50. The Morgan fingerprint density at radius 3 is 2.39 bits per heavy atom. The molecule has 5 aliphatic rings. The van der Waals surface area contributed by atoms with Gasteiger partial charge in [0, 0.05) is 80.7 Å². The highest BCUT2D eigenvalue weighted by molar-refractivity contribution is 6.21. The number of esters is 2. The molecule has 1 saturated heterocycles. The second-order valence-electron chi connectivity index (χ2n) is 19.2. The summed E-state index contributed by atoms with van der Waals surface area (Å²) in [7, 11) is 3.65. The number of Topliss-reactive ketones (excluding diaryl/α,β-unsaturated/α-hetero) is 1. The summed E-state index contributed by atoms with van der Waals surface area (Å²) in [6, 6.07) is 0. The van der Waals surface area contributed by atoms with Gasteiger partial charge < -0.3 is 54.5 Å². The fourth-order valence-corrected chi connectivity index (χ4v) is 8.86. The van der Waals surface area contributed by atoms with Crippen LogP contribution in [0.1, 0.15) is 96.5 Å². The van der Waals surface area contributed by atoms with Crippen LogP contribution in [0.5, 0.6) is 17.2 Å². The van der Waals surface area contributed by atoms with E-state index in [1.807, 2.05) is 19.0 Å². The minimum Gasteiger partial charge on any atom is -0.507 e. The number of allylic oxidation sites excluding steroid dienone is 3. The third kappa shape index (κ3) is 10.4. The SMILES string of the molecule is C/C1=C/C=C/C(C)[C@H](O)[C@@H](C)C(O)C[C@H](OC(=O)C(C)C(=O)OCCN(C)C)CC/C=C/OC2(C)Oc3c(C)c(O)c4c(O)c(c5c(c4c3C2=O)NC2(CCN(CC(C)C)CC2)N=5)=NC1=O. The van der Waals surface area contributed by atoms with Crippen LogP contribution in [0.3, 0.4) is 0 Å². The maximum Gasteiger partial charge on any atom is 0.320 e. The number of carbonyl (C=O) groups excluding carboxylic acids is 4. The van der Waals surface area contributed by atoms with Crippen molar-refractivity contribution < 1.29 is 58.6 Å². The van der Waals surface area contributed by atoms with Crippen molar-refractivity contribution in [1.29, 1.82) is 0 Å². The molecule has 7 atom stereocenters. The van der Waals surface area contributed by atoms with Crippen molar-refractivity contribution >= 4 is 40.1 Å². The van der Waals surface area contributed by atoms with Gasteiger partial charge in [0.05, 0.1) is 35.1 Å². The number of nitrogens with one attached hydrogen (secondary N) is 1. The van der Waals surface area contributed by atoms with E-state index in [9.17, 15) is 39.6 Å². The molecule has 0 saturated carbocycles. The summed E-state index contributed by atoms with van der Waals surface area (Å²) in [5.41, 5.74) is -0.153. The molecule has 0 aromatic heterocycles. The van der Waals surface area contributed by atoms with Gasteiger partial charge >= 0.3 is 17.7 Å². The smallest absolute Gasteiger partial charge is 0.320 e. The van der Waals surface area contributed by atoms with E-state index >= 15 is 0 Å². The molecule has 1 fully saturated rings. The molecule has 360 valence electrons. The minimum atomic E-state index is -1.93. The molecule has 5 aliphatic heterocycles. The summed E-state index contributed by atoms with van der Waals surface area (Å²) in [5, 5.41) is 50.3. The van der Waals surface area contributed by atoms with Crippen molar-refractivity contribution in [2.24, 2.45) is 33.7 Å². The molecule has 17 nitrogen and oxygen atoms in total. The molecule has 5 heterocycles. The number of ketones is 1. The van der Waals surface area contributed by atoms with Gasteiger partial charge in [0.15, 0.2) is 11.7 Å². The van der Waals surface area contributed by atoms with Crippen LogP contribution in [-0.4, -0.2) is 130 Å². The number of aromatic hydroxyl groups is 2. The predicted octanol–water partition coefficient (Wildman–Crippen LogP) is 4.35. The zero-order valence-electron chi connectivity index (χ0n) is 39.8. The van der Waals surface area contributed by atoms with Gasteiger partial charge in [-0.15, -0.1) is 0 Å². The van der Waals surface area contributed by atoms with E-state index < -0.39 is 76.9 Å². The highest BCUT2D eigenvalue weighted by Crippen LogP contribution is 2.51. The Kier molecular flexibility index (Phi) is 15.4. The van der Waals surface area contributed by atoms with E-state index in [0.717, 1.165) is 6.54 Å². The number of aliphatic hydroxyl groups excluding tert-OH is 2. The van der Waals surface area contributed by atoms with Crippen molar-refractivity contribution in [2.75, 3.05) is 52.2 Å². The van der Waals surface area contributed by atoms with Gasteiger partial charge in [-0.25, -0.2) is 4.99 Å². The molecular weight excluding hydrogens is 851 g/mol. The van der Waals surface area contributed by atoms with Crippen LogP contribution in [0, 0.1) is 30.6 Å². The van der Waals surface area contributed by atoms with Gasteiger partial charge in [0.25, 0.3) is 11.7 Å². The number of phenols is 2. The van der Waals surface area contributed by atoms with Gasteiger partial charge in [0.1, 0.15) is 40.6 Å². The van der Waals surface area contributed by atoms with Crippen LogP contribution >= 0.6 is 0 Å². The van der Waals surface area contributed by atoms with E-state index in [1.54, 1.807) is 45.9 Å². The van der Waals surface area contributed by atoms with Crippen LogP contribution in [0.25, 0.3) is 10.8 Å². The lowest BCUT2D eigenvalue weighted by Gasteiger charge is -2.38. The molecule has 0 radical (unpaired) electrons. The van der Waals surface area contributed by atoms with Crippen LogP contribution in [-0.2, 0) is 28.6 Å². The summed E-state index contributed by atoms with van der Waals surface area (Å²) < 4.78 is 23.4. The fraction of sp³-hybridized carbons (Fsp3) is 0.592. The maximum atomic E-state index is 14.7. The Labute approximate surface area is 385 Å². The lowest BCUT2D eigenvalue weighted by molar-refractivity contribution is -0.166. The summed E-state index contributed by atoms with van der Waals surface area (Å²) in [4.78, 5) is 68.3. The van der Waals surface area contributed by atoms with Gasteiger partial charge in [-0.05, 0) is 59.7 Å². The van der Waals surface area contributed by atoms with Crippen molar-refractivity contribution in [2.45, 2.75) is 117 Å². The molecule has 1 amide bonds. The second-order valence-corrected chi connectivity index (χ2v) is 19.2. The molecule has 4 unspecified atom stereocenters. The minimum absolute atomic E-state index is 0.0500. The number of likely N-dealkylation sites (tertiary alicyclic amines) is 1. The number of phenolic OH excluding ortho intramolecular Hbond substituents is 2. The van der Waals surface area contributed by atoms with Crippen LogP contribution in [0.15, 0.2) is 46.1 Å². The average Bonchev–Trinajstić information content (AvgIpc) is 3.76. The van der Waals surface area contributed by atoms with E-state index in [-0.39, 0.29) is 75.6 Å². The van der Waals surface area contributed by atoms with Gasteiger partial charge in [0.2, 0.25) is 0 Å². The molecule has 66 heavy (non-hydrogen) atoms. The first kappa shape index (κ1) is 50.1. The second kappa shape index (κ2) is 20.2. The number of fused-ring (bicyclic) bond motifs is 13. The summed E-state index contributed by atoms with van der Waals surface area (Å²) >= 11 is 0. The third-order valence-corrected chi connectivity index (χ3v) is 13.1. The largest absolute Gasteiger partial charge is 0.507 e. The highest BCUT2D eigenvalue weighted by atomic mass is 16.7. The van der Waals surface area contributed by atoms with Crippen molar-refractivity contribution in [1.82, 2.24) is 9.80 Å².